The number of piperazine rings is 1. The highest BCUT2D eigenvalue weighted by Crippen LogP contribution is 2.31. The van der Waals surface area contributed by atoms with Crippen LogP contribution in [-0.4, -0.2) is 53.8 Å². The molecule has 0 unspecified atom stereocenters. The predicted molar refractivity (Wildman–Crippen MR) is 132 cm³/mol. The maximum absolute atomic E-state index is 14.0. The Morgan fingerprint density at radius 3 is 2.26 bits per heavy atom. The molecule has 1 saturated carbocycles. The maximum atomic E-state index is 14.0. The van der Waals surface area contributed by atoms with Gasteiger partial charge >= 0.3 is 0 Å². The molecule has 1 N–H and O–H groups in total. The number of carbonyl (C=O) groups is 2. The van der Waals surface area contributed by atoms with Crippen molar-refractivity contribution in [2.45, 2.75) is 57.5 Å². The Morgan fingerprint density at radius 2 is 1.62 bits per heavy atom. The van der Waals surface area contributed by atoms with Crippen molar-refractivity contribution >= 4 is 11.8 Å². The summed E-state index contributed by atoms with van der Waals surface area (Å²) in [7, 11) is 0. The highest BCUT2D eigenvalue weighted by Gasteiger charge is 2.38. The van der Waals surface area contributed by atoms with Crippen molar-refractivity contribution in [3.63, 3.8) is 0 Å². The molecule has 34 heavy (non-hydrogen) atoms. The Bertz CT molecular complexity index is 953. The summed E-state index contributed by atoms with van der Waals surface area (Å²) in [6.07, 6.45) is 5.16. The lowest BCUT2D eigenvalue weighted by atomic mass is 9.93. The number of hydrogen-bond donors (Lipinski definition) is 1. The largest absolute Gasteiger partial charge is 0.351 e. The average molecular weight is 466 g/mol. The van der Waals surface area contributed by atoms with Crippen LogP contribution in [0.5, 0.6) is 0 Å². The first kappa shape index (κ1) is 24.4. The Morgan fingerprint density at radius 1 is 0.971 bits per heavy atom. The lowest BCUT2D eigenvalue weighted by Gasteiger charge is -2.41. The molecule has 5 nitrogen and oxygen atoms in total. The predicted octanol–water partition coefficient (Wildman–Crippen LogP) is 4.34. The van der Waals surface area contributed by atoms with Gasteiger partial charge in [0.2, 0.25) is 11.8 Å². The number of benzene rings is 2. The fraction of sp³-hybridized carbons (Fsp3) is 0.500. The van der Waals surface area contributed by atoms with Gasteiger partial charge in [-0.15, -0.1) is 0 Å². The van der Waals surface area contributed by atoms with E-state index >= 15 is 0 Å². The van der Waals surface area contributed by atoms with E-state index in [-0.39, 0.29) is 36.1 Å². The molecule has 2 fully saturated rings. The molecular formula is C28H36FN3O2. The molecular weight excluding hydrogens is 429 g/mol. The second-order valence-corrected chi connectivity index (χ2v) is 9.53. The van der Waals surface area contributed by atoms with Crippen molar-refractivity contribution in [3.8, 4) is 0 Å². The van der Waals surface area contributed by atoms with Crippen molar-refractivity contribution in [3.05, 3.63) is 71.5 Å². The number of nitrogens with zero attached hydrogens (tertiary/aromatic N) is 2. The third-order valence-corrected chi connectivity index (χ3v) is 7.45. The summed E-state index contributed by atoms with van der Waals surface area (Å²) in [6.45, 7) is 4.89. The molecule has 1 aliphatic carbocycles. The van der Waals surface area contributed by atoms with Crippen LogP contribution in [0.4, 0.5) is 4.39 Å². The quantitative estimate of drug-likeness (QED) is 0.631. The lowest BCUT2D eigenvalue weighted by Crippen LogP contribution is -2.58. The minimum absolute atomic E-state index is 0.0225. The molecule has 182 valence electrons. The van der Waals surface area contributed by atoms with Crippen molar-refractivity contribution in [1.29, 1.82) is 0 Å². The SMILES string of the molecule is CC[C@@H](C(=O)N1CCN([C@H](C(=O)NCc2ccccc2F)C2CCCC2)CC1)c1ccccc1. The fourth-order valence-electron chi connectivity index (χ4n) is 5.56. The highest BCUT2D eigenvalue weighted by atomic mass is 19.1. The Balaban J connectivity index is 1.39. The van der Waals surface area contributed by atoms with Gasteiger partial charge in [-0.2, -0.15) is 0 Å². The van der Waals surface area contributed by atoms with Crippen molar-refractivity contribution in [1.82, 2.24) is 15.1 Å². The first-order valence-corrected chi connectivity index (χ1v) is 12.7. The molecule has 0 aromatic heterocycles. The number of rotatable bonds is 8. The summed E-state index contributed by atoms with van der Waals surface area (Å²) in [5, 5.41) is 3.00. The molecule has 1 saturated heterocycles. The van der Waals surface area contributed by atoms with Gasteiger partial charge in [0, 0.05) is 38.3 Å². The van der Waals surface area contributed by atoms with Gasteiger partial charge in [-0.1, -0.05) is 68.3 Å². The van der Waals surface area contributed by atoms with Crippen LogP contribution in [0.2, 0.25) is 0 Å². The Hall–Kier alpha value is -2.73. The zero-order valence-corrected chi connectivity index (χ0v) is 20.1. The molecule has 0 spiro atoms. The maximum Gasteiger partial charge on any atom is 0.237 e. The molecule has 0 bridgehead atoms. The second kappa shape index (κ2) is 11.6. The van der Waals surface area contributed by atoms with Crippen LogP contribution in [0.25, 0.3) is 0 Å². The number of carbonyl (C=O) groups excluding carboxylic acids is 2. The highest BCUT2D eigenvalue weighted by molar-refractivity contribution is 5.84. The molecule has 1 heterocycles. The zero-order valence-electron chi connectivity index (χ0n) is 20.1. The van der Waals surface area contributed by atoms with Crippen LogP contribution in [0.15, 0.2) is 54.6 Å². The van der Waals surface area contributed by atoms with Gasteiger partial charge in [-0.05, 0) is 36.8 Å². The van der Waals surface area contributed by atoms with E-state index in [2.05, 4.69) is 17.1 Å². The lowest BCUT2D eigenvalue weighted by molar-refractivity contribution is -0.136. The van der Waals surface area contributed by atoms with Crippen LogP contribution in [0.3, 0.4) is 0 Å². The van der Waals surface area contributed by atoms with Gasteiger partial charge in [0.05, 0.1) is 12.0 Å². The second-order valence-electron chi connectivity index (χ2n) is 9.53. The fourth-order valence-corrected chi connectivity index (χ4v) is 5.56. The third-order valence-electron chi connectivity index (χ3n) is 7.45. The molecule has 2 aliphatic rings. The molecule has 2 aromatic rings. The van der Waals surface area contributed by atoms with Crippen LogP contribution >= 0.6 is 0 Å². The molecule has 4 rings (SSSR count). The van der Waals surface area contributed by atoms with E-state index < -0.39 is 0 Å². The topological polar surface area (TPSA) is 52.7 Å². The van der Waals surface area contributed by atoms with E-state index in [1.165, 1.54) is 6.07 Å². The molecule has 2 atom stereocenters. The van der Waals surface area contributed by atoms with E-state index in [0.717, 1.165) is 37.7 Å². The van der Waals surface area contributed by atoms with Gasteiger partial charge in [-0.3, -0.25) is 14.5 Å². The van der Waals surface area contributed by atoms with Crippen LogP contribution in [0, 0.1) is 11.7 Å². The van der Waals surface area contributed by atoms with Gasteiger partial charge in [0.1, 0.15) is 5.82 Å². The minimum atomic E-state index is -0.295. The first-order chi connectivity index (χ1) is 16.6. The van der Waals surface area contributed by atoms with Crippen molar-refractivity contribution in [2.75, 3.05) is 26.2 Å². The summed E-state index contributed by atoms with van der Waals surface area (Å²) in [5.41, 5.74) is 1.57. The number of amides is 2. The monoisotopic (exact) mass is 465 g/mol. The van der Waals surface area contributed by atoms with Crippen LogP contribution < -0.4 is 5.32 Å². The van der Waals surface area contributed by atoms with Gasteiger partial charge < -0.3 is 10.2 Å². The Kier molecular flexibility index (Phi) is 8.33. The van der Waals surface area contributed by atoms with E-state index in [0.29, 0.717) is 37.7 Å². The van der Waals surface area contributed by atoms with Gasteiger partial charge in [0.15, 0.2) is 0 Å². The van der Waals surface area contributed by atoms with Crippen LogP contribution in [-0.2, 0) is 16.1 Å². The Labute approximate surface area is 202 Å². The third kappa shape index (κ3) is 5.66. The molecule has 0 radical (unpaired) electrons. The van der Waals surface area contributed by atoms with E-state index in [9.17, 15) is 14.0 Å². The average Bonchev–Trinajstić information content (AvgIpc) is 3.39. The normalized spacial score (nSPS) is 19.1. The molecule has 1 aliphatic heterocycles. The van der Waals surface area contributed by atoms with Crippen molar-refractivity contribution in [2.24, 2.45) is 5.92 Å². The summed E-state index contributed by atoms with van der Waals surface area (Å²) < 4.78 is 14.0. The van der Waals surface area contributed by atoms with Gasteiger partial charge in [0.25, 0.3) is 0 Å². The summed E-state index contributed by atoms with van der Waals surface area (Å²) in [4.78, 5) is 30.8. The zero-order chi connectivity index (χ0) is 23.9. The van der Waals surface area contributed by atoms with E-state index in [1.54, 1.807) is 18.2 Å². The van der Waals surface area contributed by atoms with E-state index in [1.807, 2.05) is 35.2 Å². The van der Waals surface area contributed by atoms with E-state index in [4.69, 9.17) is 0 Å². The summed E-state index contributed by atoms with van der Waals surface area (Å²) in [5.74, 6) is 0.0506. The van der Waals surface area contributed by atoms with Crippen molar-refractivity contribution < 1.29 is 14.0 Å². The smallest absolute Gasteiger partial charge is 0.237 e. The number of hydrogen-bond acceptors (Lipinski definition) is 3. The summed E-state index contributed by atoms with van der Waals surface area (Å²) >= 11 is 0. The molecule has 2 aromatic carbocycles. The molecule has 2 amide bonds. The summed E-state index contributed by atoms with van der Waals surface area (Å²) in [6, 6.07) is 16.3. The number of halogens is 1. The van der Waals surface area contributed by atoms with Gasteiger partial charge in [-0.25, -0.2) is 4.39 Å². The molecule has 6 heteroatoms. The first-order valence-electron chi connectivity index (χ1n) is 12.7. The van der Waals surface area contributed by atoms with Crippen LogP contribution in [0.1, 0.15) is 56.1 Å². The number of nitrogens with one attached hydrogen (secondary N) is 1. The standard InChI is InChI=1S/C28H36FN3O2/c1-2-24(21-10-4-3-5-11-21)28(34)32-18-16-31(17-19-32)26(22-12-6-7-13-22)27(33)30-20-23-14-8-9-15-25(23)29/h3-5,8-11,14-15,22,24,26H,2,6-7,12-13,16-20H2,1H3,(H,30,33)/t24-,26+/m1/s1. The minimum Gasteiger partial charge on any atom is -0.351 e.